The second-order valence-corrected chi connectivity index (χ2v) is 3.16. The molecule has 0 aromatic rings. The number of hydrogen-bond acceptors (Lipinski definition) is 2. The summed E-state index contributed by atoms with van der Waals surface area (Å²) >= 11 is 0. The maximum absolute atomic E-state index is 10.1. The molecule has 3 nitrogen and oxygen atoms in total. The number of aliphatic carboxylic acids is 1. The summed E-state index contributed by atoms with van der Waals surface area (Å²) in [5.41, 5.74) is 0. The van der Waals surface area contributed by atoms with Gasteiger partial charge in [-0.25, -0.2) is 4.79 Å². The Labute approximate surface area is 73.7 Å². The molecule has 0 aromatic carbocycles. The molecule has 0 aromatic heterocycles. The Morgan fingerprint density at radius 2 is 2.25 bits per heavy atom. The molecule has 3 heteroatoms. The first kappa shape index (κ1) is 11.4. The predicted octanol–water partition coefficient (Wildman–Crippen LogP) is 1.91. The Bertz CT molecular complexity index is 123. The molecule has 0 aliphatic rings. The highest BCUT2D eigenvalue weighted by atomic mass is 16.5. The molecule has 0 aliphatic carbocycles. The molecule has 1 atom stereocenters. The van der Waals surface area contributed by atoms with E-state index < -0.39 is 5.97 Å². The Morgan fingerprint density at radius 3 is 2.75 bits per heavy atom. The number of carbonyl (C=O) groups is 1. The van der Waals surface area contributed by atoms with Crippen molar-refractivity contribution in [1.82, 2.24) is 0 Å². The second-order valence-electron chi connectivity index (χ2n) is 3.16. The zero-order valence-corrected chi connectivity index (χ0v) is 7.88. The molecule has 72 valence electrons. The van der Waals surface area contributed by atoms with Gasteiger partial charge in [-0.1, -0.05) is 26.7 Å². The van der Waals surface area contributed by atoms with Gasteiger partial charge in [-0.15, -0.1) is 0 Å². The molecular weight excluding hydrogens is 156 g/mol. The first-order chi connectivity index (χ1) is 5.66. The lowest BCUT2D eigenvalue weighted by Crippen LogP contribution is -2.12. The van der Waals surface area contributed by atoms with Gasteiger partial charge in [-0.3, -0.25) is 0 Å². The van der Waals surface area contributed by atoms with Crippen LogP contribution >= 0.6 is 0 Å². The van der Waals surface area contributed by atoms with Crippen LogP contribution in [0.5, 0.6) is 0 Å². The van der Waals surface area contributed by atoms with Crippen LogP contribution in [0.25, 0.3) is 0 Å². The molecular formula is C9H18O3. The molecule has 0 fully saturated rings. The molecule has 0 aliphatic heterocycles. The van der Waals surface area contributed by atoms with Crippen LogP contribution in [0.4, 0.5) is 0 Å². The largest absolute Gasteiger partial charge is 0.480 e. The Hall–Kier alpha value is -0.570. The monoisotopic (exact) mass is 174 g/mol. The summed E-state index contributed by atoms with van der Waals surface area (Å²) in [7, 11) is 0. The van der Waals surface area contributed by atoms with Gasteiger partial charge in [-0.2, -0.15) is 0 Å². The average molecular weight is 174 g/mol. The van der Waals surface area contributed by atoms with E-state index in [0.717, 1.165) is 6.42 Å². The first-order valence-corrected chi connectivity index (χ1v) is 4.46. The summed E-state index contributed by atoms with van der Waals surface area (Å²) in [4.78, 5) is 10.1. The third-order valence-corrected chi connectivity index (χ3v) is 1.68. The van der Waals surface area contributed by atoms with E-state index in [-0.39, 0.29) is 6.61 Å². The van der Waals surface area contributed by atoms with Crippen LogP contribution in [0.1, 0.15) is 33.1 Å². The second kappa shape index (κ2) is 7.10. The van der Waals surface area contributed by atoms with E-state index in [1.807, 2.05) is 0 Å². The summed E-state index contributed by atoms with van der Waals surface area (Å²) in [5.74, 6) is -0.415. The van der Waals surface area contributed by atoms with Crippen LogP contribution in [0, 0.1) is 5.92 Å². The Morgan fingerprint density at radius 1 is 1.58 bits per heavy atom. The van der Waals surface area contributed by atoms with Crippen molar-refractivity contribution in [3.05, 3.63) is 0 Å². The van der Waals surface area contributed by atoms with Crippen molar-refractivity contribution < 1.29 is 14.6 Å². The molecule has 0 amide bonds. The summed E-state index contributed by atoms with van der Waals surface area (Å²) in [6.45, 7) is 4.62. The van der Waals surface area contributed by atoms with Crippen molar-refractivity contribution in [2.24, 2.45) is 5.92 Å². The average Bonchev–Trinajstić information content (AvgIpc) is 2.00. The highest BCUT2D eigenvalue weighted by Crippen LogP contribution is 2.07. The van der Waals surface area contributed by atoms with Gasteiger partial charge in [0.25, 0.3) is 0 Å². The SMILES string of the molecule is CCCCC(C)COCC(=O)O. The van der Waals surface area contributed by atoms with Gasteiger partial charge in [0.2, 0.25) is 0 Å². The van der Waals surface area contributed by atoms with Gasteiger partial charge in [0.1, 0.15) is 6.61 Å². The van der Waals surface area contributed by atoms with Crippen molar-refractivity contribution in [2.75, 3.05) is 13.2 Å². The van der Waals surface area contributed by atoms with Crippen LogP contribution in [-0.4, -0.2) is 24.3 Å². The van der Waals surface area contributed by atoms with E-state index in [9.17, 15) is 4.79 Å². The molecule has 0 saturated heterocycles. The molecule has 0 bridgehead atoms. The van der Waals surface area contributed by atoms with Gasteiger partial charge in [0.15, 0.2) is 0 Å². The maximum Gasteiger partial charge on any atom is 0.329 e. The highest BCUT2D eigenvalue weighted by molar-refractivity contribution is 5.67. The summed E-state index contributed by atoms with van der Waals surface area (Å²) in [5, 5.41) is 8.28. The molecule has 12 heavy (non-hydrogen) atoms. The van der Waals surface area contributed by atoms with Crippen LogP contribution in [0.2, 0.25) is 0 Å². The van der Waals surface area contributed by atoms with E-state index in [1.54, 1.807) is 0 Å². The standard InChI is InChI=1S/C9H18O3/c1-3-4-5-8(2)6-12-7-9(10)11/h8H,3-7H2,1-2H3,(H,10,11). The highest BCUT2D eigenvalue weighted by Gasteiger charge is 2.02. The van der Waals surface area contributed by atoms with Crippen molar-refractivity contribution in [3.8, 4) is 0 Å². The van der Waals surface area contributed by atoms with Crippen LogP contribution in [0.15, 0.2) is 0 Å². The number of unbranched alkanes of at least 4 members (excludes halogenated alkanes) is 1. The predicted molar refractivity (Wildman–Crippen MR) is 47.1 cm³/mol. The number of ether oxygens (including phenoxy) is 1. The van der Waals surface area contributed by atoms with Gasteiger partial charge in [-0.05, 0) is 12.3 Å². The Balaban J connectivity index is 3.19. The normalized spacial score (nSPS) is 12.8. The van der Waals surface area contributed by atoms with E-state index in [1.165, 1.54) is 12.8 Å². The zero-order chi connectivity index (χ0) is 9.40. The smallest absolute Gasteiger partial charge is 0.329 e. The molecule has 0 saturated carbocycles. The molecule has 1 unspecified atom stereocenters. The minimum atomic E-state index is -0.891. The van der Waals surface area contributed by atoms with Crippen molar-refractivity contribution in [1.29, 1.82) is 0 Å². The fraction of sp³-hybridized carbons (Fsp3) is 0.889. The number of hydrogen-bond donors (Lipinski definition) is 1. The van der Waals surface area contributed by atoms with Gasteiger partial charge in [0, 0.05) is 6.61 Å². The Kier molecular flexibility index (Phi) is 6.76. The van der Waals surface area contributed by atoms with Crippen LogP contribution in [0.3, 0.4) is 0 Å². The third-order valence-electron chi connectivity index (χ3n) is 1.68. The topological polar surface area (TPSA) is 46.5 Å². The molecule has 0 heterocycles. The van der Waals surface area contributed by atoms with Crippen LogP contribution in [-0.2, 0) is 9.53 Å². The minimum Gasteiger partial charge on any atom is -0.480 e. The van der Waals surface area contributed by atoms with Crippen LogP contribution < -0.4 is 0 Å². The number of rotatable bonds is 7. The fourth-order valence-electron chi connectivity index (χ4n) is 0.983. The fourth-order valence-corrected chi connectivity index (χ4v) is 0.983. The van der Waals surface area contributed by atoms with Crippen molar-refractivity contribution >= 4 is 5.97 Å². The molecule has 0 radical (unpaired) electrons. The van der Waals surface area contributed by atoms with E-state index in [4.69, 9.17) is 9.84 Å². The van der Waals surface area contributed by atoms with Gasteiger partial charge >= 0.3 is 5.97 Å². The zero-order valence-electron chi connectivity index (χ0n) is 7.88. The van der Waals surface area contributed by atoms with Gasteiger partial charge < -0.3 is 9.84 Å². The minimum absolute atomic E-state index is 0.170. The number of carboxylic acids is 1. The van der Waals surface area contributed by atoms with Crippen molar-refractivity contribution in [2.45, 2.75) is 33.1 Å². The van der Waals surface area contributed by atoms with Gasteiger partial charge in [0.05, 0.1) is 0 Å². The number of carboxylic acid groups (broad SMARTS) is 1. The maximum atomic E-state index is 10.1. The van der Waals surface area contributed by atoms with E-state index >= 15 is 0 Å². The molecule has 0 rings (SSSR count). The van der Waals surface area contributed by atoms with E-state index in [0.29, 0.717) is 12.5 Å². The summed E-state index contributed by atoms with van der Waals surface area (Å²) < 4.78 is 4.95. The molecule has 0 spiro atoms. The van der Waals surface area contributed by atoms with Crippen molar-refractivity contribution in [3.63, 3.8) is 0 Å². The molecule has 1 N–H and O–H groups in total. The third kappa shape index (κ3) is 7.54. The summed E-state index contributed by atoms with van der Waals surface area (Å²) in [6.07, 6.45) is 3.50. The lowest BCUT2D eigenvalue weighted by Gasteiger charge is -2.09. The van der Waals surface area contributed by atoms with E-state index in [2.05, 4.69) is 13.8 Å². The lowest BCUT2D eigenvalue weighted by molar-refractivity contribution is -0.142. The lowest BCUT2D eigenvalue weighted by atomic mass is 10.1. The summed E-state index contributed by atoms with van der Waals surface area (Å²) in [6, 6.07) is 0. The quantitative estimate of drug-likeness (QED) is 0.641. The first-order valence-electron chi connectivity index (χ1n) is 4.46.